The molecule has 2 aliphatic rings. The molecule has 2 aliphatic heterocycles. The van der Waals surface area contributed by atoms with Crippen molar-refractivity contribution in [3.63, 3.8) is 0 Å². The van der Waals surface area contributed by atoms with E-state index in [-0.39, 0.29) is 12.5 Å². The van der Waals surface area contributed by atoms with Crippen LogP contribution in [0.25, 0.3) is 6.08 Å². The third-order valence-corrected chi connectivity index (χ3v) is 6.17. The molecule has 1 saturated heterocycles. The summed E-state index contributed by atoms with van der Waals surface area (Å²) in [6.07, 6.45) is 4.98. The van der Waals surface area contributed by atoms with Crippen LogP contribution >= 0.6 is 11.9 Å². The molecular weight excluding hydrogens is 416 g/mol. The highest BCUT2D eigenvalue weighted by molar-refractivity contribution is 7.97. The molecule has 4 N–H and O–H groups in total. The summed E-state index contributed by atoms with van der Waals surface area (Å²) in [6, 6.07) is 14.1. The Bertz CT molecular complexity index is 989. The van der Waals surface area contributed by atoms with Crippen LogP contribution in [-0.2, 0) is 9.59 Å². The van der Waals surface area contributed by atoms with Gasteiger partial charge in [-0.3, -0.25) is 19.5 Å². The average Bonchev–Trinajstić information content (AvgIpc) is 2.81. The Balaban J connectivity index is 1.32. The summed E-state index contributed by atoms with van der Waals surface area (Å²) in [4.78, 5) is 26.1. The number of hydrogen-bond acceptors (Lipinski definition) is 7. The first kappa shape index (κ1) is 21.2. The first-order valence-corrected chi connectivity index (χ1v) is 10.9. The molecule has 8 nitrogen and oxygen atoms in total. The number of anilines is 2. The van der Waals surface area contributed by atoms with Gasteiger partial charge < -0.3 is 15.0 Å². The van der Waals surface area contributed by atoms with Gasteiger partial charge in [-0.25, -0.2) is 5.48 Å². The summed E-state index contributed by atoms with van der Waals surface area (Å²) < 4.78 is 8.93. The van der Waals surface area contributed by atoms with E-state index >= 15 is 0 Å². The number of amides is 2. The average molecular weight is 441 g/mol. The molecule has 0 spiro atoms. The van der Waals surface area contributed by atoms with Gasteiger partial charge in [0.1, 0.15) is 5.75 Å². The van der Waals surface area contributed by atoms with Crippen molar-refractivity contribution in [2.75, 3.05) is 29.9 Å². The molecule has 0 radical (unpaired) electrons. The van der Waals surface area contributed by atoms with Gasteiger partial charge in [0.25, 0.3) is 11.8 Å². The summed E-state index contributed by atoms with van der Waals surface area (Å²) in [6.45, 7) is 1.84. The fourth-order valence-corrected chi connectivity index (χ4v) is 4.49. The van der Waals surface area contributed by atoms with E-state index in [2.05, 4.69) is 14.9 Å². The molecule has 0 aromatic heterocycles. The molecule has 0 unspecified atom stereocenters. The van der Waals surface area contributed by atoms with Crippen molar-refractivity contribution >= 4 is 41.2 Å². The smallest absolute Gasteiger partial charge is 0.267 e. The van der Waals surface area contributed by atoms with E-state index in [1.807, 2.05) is 42.5 Å². The molecule has 2 aromatic rings. The topological polar surface area (TPSA) is 103 Å². The van der Waals surface area contributed by atoms with E-state index < -0.39 is 5.91 Å². The van der Waals surface area contributed by atoms with E-state index in [1.165, 1.54) is 6.08 Å². The fraction of sp³-hybridized carbons (Fsp3) is 0.273. The second-order valence-electron chi connectivity index (χ2n) is 7.34. The monoisotopic (exact) mass is 440 g/mol. The molecule has 2 heterocycles. The Hall–Kier alpha value is -3.01. The lowest BCUT2D eigenvalue weighted by molar-refractivity contribution is -0.124. The Kier molecular flexibility index (Phi) is 6.76. The lowest BCUT2D eigenvalue weighted by Gasteiger charge is -2.34. The number of ether oxygens (including phenoxy) is 1. The Labute approximate surface area is 184 Å². The standard InChI is InChI=1S/C22H24N4O4S/c27-21(24-29)8-5-15-3-1-2-4-19(15)26-11-9-16(10-12-26)25-31-17-6-7-20-18(13-17)23-22(28)14-30-20/h1-8,13,16,25,29H,9-12,14H2,(H,23,28)(H,24,27)/b8-5+. The van der Waals surface area contributed by atoms with Crippen LogP contribution in [0.3, 0.4) is 0 Å². The van der Waals surface area contributed by atoms with Gasteiger partial charge in [-0.05, 0) is 60.7 Å². The number of carbonyl (C=O) groups is 2. The number of rotatable bonds is 6. The number of hydrogen-bond donors (Lipinski definition) is 4. The maximum atomic E-state index is 11.5. The number of fused-ring (bicyclic) bond motifs is 1. The van der Waals surface area contributed by atoms with Crippen LogP contribution in [-0.4, -0.2) is 42.8 Å². The predicted octanol–water partition coefficient (Wildman–Crippen LogP) is 2.80. The second kappa shape index (κ2) is 9.86. The van der Waals surface area contributed by atoms with Gasteiger partial charge >= 0.3 is 0 Å². The molecular formula is C22H24N4O4S. The molecule has 1 fully saturated rings. The van der Waals surface area contributed by atoms with E-state index in [0.29, 0.717) is 17.5 Å². The predicted molar refractivity (Wildman–Crippen MR) is 120 cm³/mol. The minimum absolute atomic E-state index is 0.0594. The summed E-state index contributed by atoms with van der Waals surface area (Å²) >= 11 is 1.56. The van der Waals surface area contributed by atoms with Gasteiger partial charge in [0.05, 0.1) is 5.69 Å². The van der Waals surface area contributed by atoms with Crippen LogP contribution in [0.15, 0.2) is 53.4 Å². The van der Waals surface area contributed by atoms with Crippen molar-refractivity contribution in [2.24, 2.45) is 0 Å². The van der Waals surface area contributed by atoms with Crippen molar-refractivity contribution in [1.29, 1.82) is 0 Å². The third-order valence-electron chi connectivity index (χ3n) is 5.22. The summed E-state index contributed by atoms with van der Waals surface area (Å²) in [5.74, 6) is 0.00609. The number of carbonyl (C=O) groups excluding carboxylic acids is 2. The minimum atomic E-state index is -0.553. The molecule has 0 bridgehead atoms. The molecule has 31 heavy (non-hydrogen) atoms. The lowest BCUT2D eigenvalue weighted by atomic mass is 10.0. The van der Waals surface area contributed by atoms with Crippen LogP contribution in [0.1, 0.15) is 18.4 Å². The number of hydroxylamine groups is 1. The number of benzene rings is 2. The van der Waals surface area contributed by atoms with Crippen LogP contribution in [0.4, 0.5) is 11.4 Å². The summed E-state index contributed by atoms with van der Waals surface area (Å²) in [5.41, 5.74) is 4.32. The number of nitrogens with one attached hydrogen (secondary N) is 3. The highest BCUT2D eigenvalue weighted by Crippen LogP contribution is 2.32. The van der Waals surface area contributed by atoms with Crippen LogP contribution in [0.5, 0.6) is 5.75 Å². The zero-order valence-electron chi connectivity index (χ0n) is 16.8. The minimum Gasteiger partial charge on any atom is -0.482 e. The highest BCUT2D eigenvalue weighted by Gasteiger charge is 2.21. The van der Waals surface area contributed by atoms with Crippen LogP contribution in [0, 0.1) is 0 Å². The quantitative estimate of drug-likeness (QED) is 0.237. The van der Waals surface area contributed by atoms with Gasteiger partial charge in [-0.1, -0.05) is 18.2 Å². The molecule has 2 aromatic carbocycles. The second-order valence-corrected chi connectivity index (χ2v) is 8.26. The molecule has 9 heteroatoms. The Morgan fingerprint density at radius 3 is 2.84 bits per heavy atom. The Morgan fingerprint density at radius 1 is 1.23 bits per heavy atom. The zero-order chi connectivity index (χ0) is 21.6. The van der Waals surface area contributed by atoms with Crippen molar-refractivity contribution in [1.82, 2.24) is 10.2 Å². The number of para-hydroxylation sites is 1. The molecule has 4 rings (SSSR count). The Morgan fingerprint density at radius 2 is 2.03 bits per heavy atom. The van der Waals surface area contributed by atoms with Crippen molar-refractivity contribution < 1.29 is 19.5 Å². The molecule has 0 atom stereocenters. The first-order chi connectivity index (χ1) is 15.1. The lowest BCUT2D eigenvalue weighted by Crippen LogP contribution is -2.40. The van der Waals surface area contributed by atoms with Crippen LogP contribution < -0.4 is 25.2 Å². The molecule has 162 valence electrons. The zero-order valence-corrected chi connectivity index (χ0v) is 17.7. The SMILES string of the molecule is O=C(/C=C/c1ccccc1N1CCC(NSc2ccc3c(c2)NC(=O)CO3)CC1)NO. The maximum Gasteiger partial charge on any atom is 0.267 e. The summed E-state index contributed by atoms with van der Waals surface area (Å²) in [5, 5.41) is 11.5. The molecule has 0 saturated carbocycles. The van der Waals surface area contributed by atoms with Gasteiger partial charge in [0.2, 0.25) is 0 Å². The highest BCUT2D eigenvalue weighted by atomic mass is 32.2. The fourth-order valence-electron chi connectivity index (χ4n) is 3.63. The van der Waals surface area contributed by atoms with Gasteiger partial charge in [0.15, 0.2) is 6.61 Å². The largest absolute Gasteiger partial charge is 0.482 e. The number of piperidine rings is 1. The van der Waals surface area contributed by atoms with Gasteiger partial charge in [-0.15, -0.1) is 0 Å². The summed E-state index contributed by atoms with van der Waals surface area (Å²) in [7, 11) is 0. The van der Waals surface area contributed by atoms with Gasteiger partial charge in [0, 0.05) is 35.8 Å². The van der Waals surface area contributed by atoms with Gasteiger partial charge in [-0.2, -0.15) is 0 Å². The van der Waals surface area contributed by atoms with Crippen molar-refractivity contribution in [3.05, 3.63) is 54.1 Å². The van der Waals surface area contributed by atoms with E-state index in [9.17, 15) is 9.59 Å². The van der Waals surface area contributed by atoms with Crippen molar-refractivity contribution in [2.45, 2.75) is 23.8 Å². The third kappa shape index (κ3) is 5.38. The van der Waals surface area contributed by atoms with Crippen molar-refractivity contribution in [3.8, 4) is 5.75 Å². The molecule has 0 aliphatic carbocycles. The first-order valence-electron chi connectivity index (χ1n) is 10.1. The van der Waals surface area contributed by atoms with E-state index in [4.69, 9.17) is 9.94 Å². The van der Waals surface area contributed by atoms with E-state index in [1.54, 1.807) is 23.5 Å². The normalized spacial score (nSPS) is 16.5. The van der Waals surface area contributed by atoms with Crippen LogP contribution in [0.2, 0.25) is 0 Å². The molecule has 2 amide bonds. The maximum absolute atomic E-state index is 11.5. The number of nitrogens with zero attached hydrogens (tertiary/aromatic N) is 1. The van der Waals surface area contributed by atoms with E-state index in [0.717, 1.165) is 42.1 Å².